The van der Waals surface area contributed by atoms with Gasteiger partial charge in [-0.1, -0.05) is 12.1 Å². The molecule has 0 fully saturated rings. The van der Waals surface area contributed by atoms with Gasteiger partial charge in [0.15, 0.2) is 11.4 Å². The van der Waals surface area contributed by atoms with Crippen molar-refractivity contribution in [3.05, 3.63) is 53.3 Å². The van der Waals surface area contributed by atoms with Crippen LogP contribution in [0.2, 0.25) is 0 Å². The summed E-state index contributed by atoms with van der Waals surface area (Å²) >= 11 is 0. The van der Waals surface area contributed by atoms with Crippen LogP contribution in [-0.2, 0) is 22.4 Å². The summed E-state index contributed by atoms with van der Waals surface area (Å²) in [5.41, 5.74) is 1.65. The van der Waals surface area contributed by atoms with Crippen molar-refractivity contribution in [2.45, 2.75) is 51.7 Å². The highest BCUT2D eigenvalue weighted by atomic mass is 16.5. The number of aliphatic hydroxyl groups excluding tert-OH is 1. The summed E-state index contributed by atoms with van der Waals surface area (Å²) in [6, 6.07) is 13.3. The van der Waals surface area contributed by atoms with E-state index in [1.807, 2.05) is 30.3 Å². The van der Waals surface area contributed by atoms with Crippen molar-refractivity contribution in [2.24, 2.45) is 0 Å². The number of aromatic nitrogens is 1. The van der Waals surface area contributed by atoms with Gasteiger partial charge < -0.3 is 24.6 Å². The van der Waals surface area contributed by atoms with E-state index in [9.17, 15) is 15.2 Å². The second-order valence-electron chi connectivity index (χ2n) is 8.32. The lowest BCUT2D eigenvalue weighted by atomic mass is 9.94. The second-order valence-corrected chi connectivity index (χ2v) is 8.32. The second kappa shape index (κ2) is 12.8. The predicted octanol–water partition coefficient (Wildman–Crippen LogP) is 2.81. The molecule has 1 heterocycles. The zero-order valence-electron chi connectivity index (χ0n) is 19.8. The average Bonchev–Trinajstić information content (AvgIpc) is 2.80. The third-order valence-corrected chi connectivity index (χ3v) is 4.96. The van der Waals surface area contributed by atoms with Gasteiger partial charge in [0.2, 0.25) is 0 Å². The molecule has 0 saturated heterocycles. The first-order chi connectivity index (χ1) is 15.8. The number of carbonyl (C=O) groups excluding carboxylic acids is 1. The molecule has 178 valence electrons. The van der Waals surface area contributed by atoms with Crippen molar-refractivity contribution in [3.8, 4) is 17.6 Å². The fraction of sp³-hybridized carbons (Fsp3) is 0.480. The van der Waals surface area contributed by atoms with Gasteiger partial charge in [0, 0.05) is 24.2 Å². The van der Waals surface area contributed by atoms with Crippen LogP contribution >= 0.6 is 0 Å². The highest BCUT2D eigenvalue weighted by Crippen LogP contribution is 2.19. The SMILES string of the molecule is CCOC(=O)CCc1ccc(OC[C@@H](O)CNC(C)(C)Cc2ccc(OC)cc2)c(C#N)n1. The van der Waals surface area contributed by atoms with Gasteiger partial charge in [-0.05, 0) is 57.0 Å². The first-order valence-corrected chi connectivity index (χ1v) is 11.0. The van der Waals surface area contributed by atoms with Gasteiger partial charge in [-0.2, -0.15) is 5.26 Å². The van der Waals surface area contributed by atoms with E-state index in [-0.39, 0.29) is 30.2 Å². The van der Waals surface area contributed by atoms with Crippen molar-refractivity contribution in [3.63, 3.8) is 0 Å². The number of ether oxygens (including phenoxy) is 3. The Hall–Kier alpha value is -3.15. The Labute approximate surface area is 195 Å². The Morgan fingerprint density at radius 1 is 1.24 bits per heavy atom. The van der Waals surface area contributed by atoms with Gasteiger partial charge in [0.05, 0.1) is 20.1 Å². The molecule has 0 bridgehead atoms. The van der Waals surface area contributed by atoms with E-state index in [2.05, 4.69) is 24.1 Å². The van der Waals surface area contributed by atoms with E-state index in [1.54, 1.807) is 26.2 Å². The molecule has 33 heavy (non-hydrogen) atoms. The van der Waals surface area contributed by atoms with Gasteiger partial charge in [-0.3, -0.25) is 4.79 Å². The third-order valence-electron chi connectivity index (χ3n) is 4.96. The van der Waals surface area contributed by atoms with Gasteiger partial charge in [0.25, 0.3) is 0 Å². The fourth-order valence-corrected chi connectivity index (χ4v) is 3.24. The zero-order chi connectivity index (χ0) is 24.3. The molecule has 1 atom stereocenters. The first kappa shape index (κ1) is 26.1. The van der Waals surface area contributed by atoms with Crippen molar-refractivity contribution in [2.75, 3.05) is 26.9 Å². The summed E-state index contributed by atoms with van der Waals surface area (Å²) in [6.07, 6.45) is 0.585. The van der Waals surface area contributed by atoms with Gasteiger partial charge in [0.1, 0.15) is 24.5 Å². The largest absolute Gasteiger partial charge is 0.497 e. The van der Waals surface area contributed by atoms with Crippen LogP contribution in [0.1, 0.15) is 44.1 Å². The fourth-order valence-electron chi connectivity index (χ4n) is 3.24. The predicted molar refractivity (Wildman–Crippen MR) is 124 cm³/mol. The number of methoxy groups -OCH3 is 1. The minimum atomic E-state index is -0.768. The molecule has 2 rings (SSSR count). The topological polar surface area (TPSA) is 114 Å². The van der Waals surface area contributed by atoms with Crippen LogP contribution in [-0.4, -0.2) is 54.6 Å². The number of pyridine rings is 1. The average molecular weight is 456 g/mol. The lowest BCUT2D eigenvalue weighted by molar-refractivity contribution is -0.143. The summed E-state index contributed by atoms with van der Waals surface area (Å²) in [6.45, 7) is 6.57. The van der Waals surface area contributed by atoms with Crippen molar-refractivity contribution < 1.29 is 24.1 Å². The van der Waals surface area contributed by atoms with Crippen molar-refractivity contribution in [1.82, 2.24) is 10.3 Å². The van der Waals surface area contributed by atoms with Crippen LogP contribution in [0.4, 0.5) is 0 Å². The van der Waals surface area contributed by atoms with Crippen LogP contribution in [0.15, 0.2) is 36.4 Å². The molecule has 0 radical (unpaired) electrons. The highest BCUT2D eigenvalue weighted by Gasteiger charge is 2.20. The molecule has 8 heteroatoms. The molecule has 2 N–H and O–H groups in total. The number of rotatable bonds is 13. The molecule has 1 aromatic carbocycles. The molecule has 0 aliphatic rings. The molecular formula is C25H33N3O5. The number of benzene rings is 1. The minimum absolute atomic E-state index is 0.0180. The van der Waals surface area contributed by atoms with Crippen LogP contribution in [0.25, 0.3) is 0 Å². The Kier molecular flexibility index (Phi) is 10.1. The minimum Gasteiger partial charge on any atom is -0.497 e. The molecule has 0 unspecified atom stereocenters. The molecule has 1 aromatic heterocycles. The number of hydrogen-bond donors (Lipinski definition) is 2. The summed E-state index contributed by atoms with van der Waals surface area (Å²) in [5, 5.41) is 23.1. The number of nitrogens with zero attached hydrogens (tertiary/aromatic N) is 2. The molecule has 0 amide bonds. The molecular weight excluding hydrogens is 422 g/mol. The lowest BCUT2D eigenvalue weighted by Gasteiger charge is -2.28. The Morgan fingerprint density at radius 2 is 1.97 bits per heavy atom. The molecule has 0 saturated carbocycles. The highest BCUT2D eigenvalue weighted by molar-refractivity contribution is 5.69. The monoisotopic (exact) mass is 455 g/mol. The number of hydrogen-bond acceptors (Lipinski definition) is 8. The van der Waals surface area contributed by atoms with Gasteiger partial charge >= 0.3 is 5.97 Å². The van der Waals surface area contributed by atoms with Crippen molar-refractivity contribution in [1.29, 1.82) is 5.26 Å². The standard InChI is InChI=1S/C25H33N3O5/c1-5-32-24(30)13-9-19-8-12-23(22(15-26)28-19)33-17-20(29)16-27-25(2,3)14-18-6-10-21(31-4)11-7-18/h6-8,10-12,20,27,29H,5,9,13-14,16-17H2,1-4H3/t20-/m0/s1. The van der Waals surface area contributed by atoms with Gasteiger partial charge in [-0.25, -0.2) is 4.98 Å². The maximum atomic E-state index is 11.5. The van der Waals surface area contributed by atoms with Crippen LogP contribution in [0, 0.1) is 11.3 Å². The van der Waals surface area contributed by atoms with E-state index in [4.69, 9.17) is 14.2 Å². The summed E-state index contributed by atoms with van der Waals surface area (Å²) in [5.74, 6) is 0.813. The first-order valence-electron chi connectivity index (χ1n) is 11.0. The lowest BCUT2D eigenvalue weighted by Crippen LogP contribution is -2.46. The van der Waals surface area contributed by atoms with E-state index >= 15 is 0 Å². The smallest absolute Gasteiger partial charge is 0.306 e. The van der Waals surface area contributed by atoms with Crippen LogP contribution in [0.5, 0.6) is 11.5 Å². The van der Waals surface area contributed by atoms with Crippen molar-refractivity contribution >= 4 is 5.97 Å². The number of nitriles is 1. The quantitative estimate of drug-likeness (QED) is 0.443. The molecule has 0 aliphatic carbocycles. The summed E-state index contributed by atoms with van der Waals surface area (Å²) in [4.78, 5) is 15.7. The Morgan fingerprint density at radius 3 is 2.61 bits per heavy atom. The van der Waals surface area contributed by atoms with E-state index < -0.39 is 6.10 Å². The molecule has 0 spiro atoms. The third kappa shape index (κ3) is 9.08. The van der Waals surface area contributed by atoms with Gasteiger partial charge in [-0.15, -0.1) is 0 Å². The number of aliphatic hydroxyl groups is 1. The van der Waals surface area contributed by atoms with E-state index in [0.717, 1.165) is 17.7 Å². The number of carbonyl (C=O) groups is 1. The summed E-state index contributed by atoms with van der Waals surface area (Å²) in [7, 11) is 1.64. The molecule has 2 aromatic rings. The van der Waals surface area contributed by atoms with Crippen LogP contribution < -0.4 is 14.8 Å². The maximum Gasteiger partial charge on any atom is 0.306 e. The normalized spacial score (nSPS) is 12.0. The maximum absolute atomic E-state index is 11.5. The van der Waals surface area contributed by atoms with E-state index in [0.29, 0.717) is 31.0 Å². The van der Waals surface area contributed by atoms with Crippen LogP contribution in [0.3, 0.4) is 0 Å². The number of nitrogens with one attached hydrogen (secondary N) is 1. The Balaban J connectivity index is 1.83. The number of aryl methyl sites for hydroxylation is 1. The number of β-amino-alcohol motifs (C(OH)–C–C–N with tert-alkyl or cyclic N) is 1. The number of esters is 1. The Bertz CT molecular complexity index is 938. The molecule has 8 nitrogen and oxygen atoms in total. The van der Waals surface area contributed by atoms with E-state index in [1.165, 1.54) is 0 Å². The molecule has 0 aliphatic heterocycles. The zero-order valence-corrected chi connectivity index (χ0v) is 19.8. The summed E-state index contributed by atoms with van der Waals surface area (Å²) < 4.78 is 15.7.